The van der Waals surface area contributed by atoms with Crippen LogP contribution in [0.4, 0.5) is 0 Å². The number of pyridine rings is 1. The van der Waals surface area contributed by atoms with Crippen LogP contribution in [0.1, 0.15) is 0 Å². The number of aliphatic carboxylic acids is 1. The first-order valence-corrected chi connectivity index (χ1v) is 3.94. The summed E-state index contributed by atoms with van der Waals surface area (Å²) in [5.74, 6) is -0.758. The maximum Gasteiger partial charge on any atom is 0.341 e. The average molecular weight is 193 g/mol. The first-order chi connectivity index (χ1) is 6.77. The van der Waals surface area contributed by atoms with Crippen LogP contribution in [0.2, 0.25) is 0 Å². The molecule has 0 amide bonds. The van der Waals surface area contributed by atoms with Crippen molar-refractivity contribution in [2.45, 2.75) is 0 Å². The number of carbonyl (C=O) groups is 1. The Morgan fingerprint density at radius 1 is 1.57 bits per heavy atom. The monoisotopic (exact) mass is 193 g/mol. The van der Waals surface area contributed by atoms with Gasteiger partial charge in [-0.25, -0.2) is 9.78 Å². The molecule has 2 heterocycles. The molecule has 5 nitrogen and oxygen atoms in total. The second-order valence-electron chi connectivity index (χ2n) is 2.63. The van der Waals surface area contributed by atoms with E-state index >= 15 is 0 Å². The molecule has 1 N–H and O–H groups in total. The number of furan rings is 1. The van der Waals surface area contributed by atoms with Gasteiger partial charge in [-0.3, -0.25) is 0 Å². The summed E-state index contributed by atoms with van der Waals surface area (Å²) in [6, 6.07) is 3.36. The minimum absolute atomic E-state index is 0.277. The normalized spacial score (nSPS) is 10.3. The largest absolute Gasteiger partial charge is 0.479 e. The highest BCUT2D eigenvalue weighted by molar-refractivity contribution is 5.82. The molecule has 0 unspecified atom stereocenters. The molecule has 0 atom stereocenters. The van der Waals surface area contributed by atoms with Crippen molar-refractivity contribution in [3.63, 3.8) is 0 Å². The molecule has 2 aromatic rings. The van der Waals surface area contributed by atoms with Crippen molar-refractivity contribution in [3.8, 4) is 5.88 Å². The lowest BCUT2D eigenvalue weighted by atomic mass is 10.3. The Morgan fingerprint density at radius 3 is 3.21 bits per heavy atom. The van der Waals surface area contributed by atoms with E-state index in [1.165, 1.54) is 12.5 Å². The van der Waals surface area contributed by atoms with E-state index in [2.05, 4.69) is 4.98 Å². The number of hydrogen-bond acceptors (Lipinski definition) is 4. The van der Waals surface area contributed by atoms with E-state index < -0.39 is 12.6 Å². The van der Waals surface area contributed by atoms with Gasteiger partial charge in [0, 0.05) is 6.20 Å². The molecule has 0 radical (unpaired) electrons. The summed E-state index contributed by atoms with van der Waals surface area (Å²) >= 11 is 0. The van der Waals surface area contributed by atoms with Crippen LogP contribution in [0.15, 0.2) is 29.0 Å². The first kappa shape index (κ1) is 8.55. The number of carboxylic acid groups (broad SMARTS) is 1. The molecule has 0 bridgehead atoms. The van der Waals surface area contributed by atoms with E-state index in [1.54, 1.807) is 12.1 Å². The second-order valence-corrected chi connectivity index (χ2v) is 2.63. The topological polar surface area (TPSA) is 72.6 Å². The third-order valence-corrected chi connectivity index (χ3v) is 1.68. The van der Waals surface area contributed by atoms with E-state index in [1.807, 2.05) is 0 Å². The number of carboxylic acids is 1. The Labute approximate surface area is 78.9 Å². The smallest absolute Gasteiger partial charge is 0.341 e. The van der Waals surface area contributed by atoms with E-state index in [9.17, 15) is 4.79 Å². The third-order valence-electron chi connectivity index (χ3n) is 1.68. The summed E-state index contributed by atoms with van der Waals surface area (Å²) in [6.45, 7) is -0.405. The van der Waals surface area contributed by atoms with E-state index in [0.29, 0.717) is 11.0 Å². The van der Waals surface area contributed by atoms with Crippen LogP contribution in [0.25, 0.3) is 11.0 Å². The lowest BCUT2D eigenvalue weighted by molar-refractivity contribution is -0.139. The number of ether oxygens (including phenoxy) is 1. The Hall–Kier alpha value is -2.04. The number of aromatic nitrogens is 1. The zero-order valence-electron chi connectivity index (χ0n) is 7.14. The van der Waals surface area contributed by atoms with Gasteiger partial charge in [0.25, 0.3) is 0 Å². The molecular formula is C9H7NO4. The SMILES string of the molecule is O=C(O)COc1nccc2occc12. The van der Waals surface area contributed by atoms with Crippen LogP contribution in [0.5, 0.6) is 5.88 Å². The highest BCUT2D eigenvalue weighted by Crippen LogP contribution is 2.23. The van der Waals surface area contributed by atoms with Crippen molar-refractivity contribution in [2.24, 2.45) is 0 Å². The highest BCUT2D eigenvalue weighted by atomic mass is 16.5. The van der Waals surface area contributed by atoms with Gasteiger partial charge in [-0.2, -0.15) is 0 Å². The van der Waals surface area contributed by atoms with Gasteiger partial charge in [0.1, 0.15) is 5.58 Å². The van der Waals surface area contributed by atoms with Gasteiger partial charge in [-0.15, -0.1) is 0 Å². The third kappa shape index (κ3) is 1.52. The van der Waals surface area contributed by atoms with E-state index in [4.69, 9.17) is 14.3 Å². The standard InChI is InChI=1S/C9H7NO4/c11-8(12)5-14-9-6-2-4-13-7(6)1-3-10-9/h1-4H,5H2,(H,11,12). The van der Waals surface area contributed by atoms with Crippen LogP contribution in [-0.2, 0) is 4.79 Å². The second kappa shape index (κ2) is 3.37. The van der Waals surface area contributed by atoms with Crippen LogP contribution < -0.4 is 4.74 Å². The van der Waals surface area contributed by atoms with Gasteiger partial charge in [0.2, 0.25) is 5.88 Å². The predicted molar refractivity (Wildman–Crippen MR) is 47.1 cm³/mol. The fourth-order valence-electron chi connectivity index (χ4n) is 1.11. The molecule has 2 aromatic heterocycles. The summed E-state index contributed by atoms with van der Waals surface area (Å²) in [5.41, 5.74) is 0.625. The lowest BCUT2D eigenvalue weighted by Gasteiger charge is -2.01. The summed E-state index contributed by atoms with van der Waals surface area (Å²) in [5, 5.41) is 9.10. The fourth-order valence-corrected chi connectivity index (χ4v) is 1.11. The predicted octanol–water partition coefficient (Wildman–Crippen LogP) is 1.29. The maximum atomic E-state index is 10.3. The Balaban J connectivity index is 2.32. The minimum atomic E-state index is -1.03. The summed E-state index contributed by atoms with van der Waals surface area (Å²) in [4.78, 5) is 14.2. The highest BCUT2D eigenvalue weighted by Gasteiger charge is 2.07. The number of nitrogens with zero attached hydrogens (tertiary/aromatic N) is 1. The van der Waals surface area contributed by atoms with Crippen LogP contribution >= 0.6 is 0 Å². The van der Waals surface area contributed by atoms with Crippen molar-refractivity contribution in [1.29, 1.82) is 0 Å². The molecule has 0 aromatic carbocycles. The zero-order valence-corrected chi connectivity index (χ0v) is 7.14. The fraction of sp³-hybridized carbons (Fsp3) is 0.111. The van der Waals surface area contributed by atoms with Gasteiger partial charge < -0.3 is 14.3 Å². The van der Waals surface area contributed by atoms with Gasteiger partial charge >= 0.3 is 5.97 Å². The van der Waals surface area contributed by atoms with Gasteiger partial charge in [-0.05, 0) is 12.1 Å². The van der Waals surface area contributed by atoms with Gasteiger partial charge in [-0.1, -0.05) is 0 Å². The Morgan fingerprint density at radius 2 is 2.43 bits per heavy atom. The molecule has 0 saturated carbocycles. The number of fused-ring (bicyclic) bond motifs is 1. The molecule has 14 heavy (non-hydrogen) atoms. The van der Waals surface area contributed by atoms with E-state index in [0.717, 1.165) is 0 Å². The molecule has 72 valence electrons. The molecular weight excluding hydrogens is 186 g/mol. The molecule has 5 heteroatoms. The molecule has 0 fully saturated rings. The van der Waals surface area contributed by atoms with Crippen LogP contribution in [0, 0.1) is 0 Å². The minimum Gasteiger partial charge on any atom is -0.479 e. The molecule has 0 aliphatic rings. The quantitative estimate of drug-likeness (QED) is 0.795. The molecule has 0 aliphatic heterocycles. The summed E-state index contributed by atoms with van der Waals surface area (Å²) in [7, 11) is 0. The van der Waals surface area contributed by atoms with Gasteiger partial charge in [0.05, 0.1) is 11.6 Å². The Bertz CT molecular complexity index is 463. The maximum absolute atomic E-state index is 10.3. The summed E-state index contributed by atoms with van der Waals surface area (Å²) < 4.78 is 10.1. The van der Waals surface area contributed by atoms with Crippen molar-refractivity contribution >= 4 is 16.9 Å². The van der Waals surface area contributed by atoms with E-state index in [-0.39, 0.29) is 5.88 Å². The average Bonchev–Trinajstić information content (AvgIpc) is 2.62. The lowest BCUT2D eigenvalue weighted by Crippen LogP contribution is -2.10. The molecule has 2 rings (SSSR count). The van der Waals surface area contributed by atoms with Crippen molar-refractivity contribution in [3.05, 3.63) is 24.6 Å². The zero-order chi connectivity index (χ0) is 9.97. The van der Waals surface area contributed by atoms with Crippen molar-refractivity contribution < 1.29 is 19.1 Å². The summed E-state index contributed by atoms with van der Waals surface area (Å²) in [6.07, 6.45) is 3.00. The van der Waals surface area contributed by atoms with Crippen molar-refractivity contribution in [2.75, 3.05) is 6.61 Å². The Kier molecular flexibility index (Phi) is 2.06. The molecule has 0 saturated heterocycles. The number of hydrogen-bond donors (Lipinski definition) is 1. The van der Waals surface area contributed by atoms with Crippen LogP contribution in [0.3, 0.4) is 0 Å². The first-order valence-electron chi connectivity index (χ1n) is 3.94. The van der Waals surface area contributed by atoms with Crippen molar-refractivity contribution in [1.82, 2.24) is 4.98 Å². The molecule has 0 spiro atoms. The number of rotatable bonds is 3. The van der Waals surface area contributed by atoms with Crippen LogP contribution in [-0.4, -0.2) is 22.7 Å². The molecule has 0 aliphatic carbocycles. The van der Waals surface area contributed by atoms with Gasteiger partial charge in [0.15, 0.2) is 6.61 Å².